The maximum absolute atomic E-state index is 12.5. The molecule has 4 nitrogen and oxygen atoms in total. The maximum Gasteiger partial charge on any atom is 0.241 e. The van der Waals surface area contributed by atoms with E-state index in [9.17, 15) is 13.7 Å². The average molecular weight is 306 g/mol. The first-order chi connectivity index (χ1) is 9.87. The zero-order chi connectivity index (χ0) is 15.5. The molecule has 0 radical (unpaired) electrons. The number of aryl methyl sites for hydroxylation is 1. The predicted molar refractivity (Wildman–Crippen MR) is 82.1 cm³/mol. The fourth-order valence-electron chi connectivity index (χ4n) is 2.93. The van der Waals surface area contributed by atoms with Crippen molar-refractivity contribution in [3.8, 4) is 6.07 Å². The number of benzene rings is 1. The molecule has 1 atom stereocenters. The molecule has 1 saturated carbocycles. The Bertz CT molecular complexity index is 625. The molecule has 114 valence electrons. The van der Waals surface area contributed by atoms with Crippen LogP contribution in [0.1, 0.15) is 44.6 Å². The van der Waals surface area contributed by atoms with Crippen LogP contribution in [0.15, 0.2) is 29.2 Å². The highest BCUT2D eigenvalue weighted by Gasteiger charge is 2.39. The highest BCUT2D eigenvalue weighted by Crippen LogP contribution is 2.33. The molecule has 1 fully saturated rings. The number of hydrogen-bond donors (Lipinski definition) is 1. The van der Waals surface area contributed by atoms with Gasteiger partial charge in [-0.1, -0.05) is 37.0 Å². The lowest BCUT2D eigenvalue weighted by molar-refractivity contribution is 0.253. The molecule has 1 N–H and O–H groups in total. The third kappa shape index (κ3) is 3.63. The van der Waals surface area contributed by atoms with Gasteiger partial charge in [0.25, 0.3) is 0 Å². The second kappa shape index (κ2) is 6.17. The van der Waals surface area contributed by atoms with E-state index in [1.165, 1.54) is 6.42 Å². The van der Waals surface area contributed by atoms with E-state index in [1.807, 2.05) is 6.92 Å². The average Bonchev–Trinajstić information content (AvgIpc) is 2.48. The van der Waals surface area contributed by atoms with Gasteiger partial charge in [0, 0.05) is 0 Å². The maximum atomic E-state index is 12.5. The van der Waals surface area contributed by atoms with Crippen molar-refractivity contribution in [2.24, 2.45) is 5.92 Å². The monoisotopic (exact) mass is 306 g/mol. The largest absolute Gasteiger partial charge is 0.241 e. The summed E-state index contributed by atoms with van der Waals surface area (Å²) >= 11 is 0. The van der Waals surface area contributed by atoms with Crippen molar-refractivity contribution in [3.63, 3.8) is 0 Å². The fraction of sp³-hybridized carbons (Fsp3) is 0.562. The summed E-state index contributed by atoms with van der Waals surface area (Å²) in [6, 6.07) is 8.88. The van der Waals surface area contributed by atoms with Gasteiger partial charge in [0.05, 0.1) is 11.0 Å². The Morgan fingerprint density at radius 2 is 1.76 bits per heavy atom. The number of nitrogens with one attached hydrogen (secondary N) is 1. The predicted octanol–water partition coefficient (Wildman–Crippen LogP) is 3.14. The summed E-state index contributed by atoms with van der Waals surface area (Å²) in [7, 11) is -3.67. The summed E-state index contributed by atoms with van der Waals surface area (Å²) in [4.78, 5) is 0.213. The molecule has 0 saturated heterocycles. The van der Waals surface area contributed by atoms with Crippen LogP contribution in [0.25, 0.3) is 0 Å². The van der Waals surface area contributed by atoms with Gasteiger partial charge in [0.15, 0.2) is 0 Å². The normalized spacial score (nSPS) is 19.7. The molecule has 1 aliphatic carbocycles. The SMILES string of the molecule is Cc1ccc(S(=O)(=O)NC(C)(C#N)C2CCCCC2)cc1. The summed E-state index contributed by atoms with van der Waals surface area (Å²) in [5, 5.41) is 9.51. The molecule has 0 amide bonds. The number of hydrogen-bond acceptors (Lipinski definition) is 3. The first-order valence-corrected chi connectivity index (χ1v) is 8.87. The van der Waals surface area contributed by atoms with Gasteiger partial charge in [0.1, 0.15) is 5.54 Å². The van der Waals surface area contributed by atoms with Crippen LogP contribution in [0.2, 0.25) is 0 Å². The summed E-state index contributed by atoms with van der Waals surface area (Å²) < 4.78 is 27.6. The molecule has 1 aromatic carbocycles. The summed E-state index contributed by atoms with van der Waals surface area (Å²) in [5.74, 6) is 0.0801. The smallest absolute Gasteiger partial charge is 0.207 e. The Morgan fingerprint density at radius 3 is 2.29 bits per heavy atom. The molecular weight excluding hydrogens is 284 g/mol. The zero-order valence-electron chi connectivity index (χ0n) is 12.6. The first kappa shape index (κ1) is 16.0. The van der Waals surface area contributed by atoms with Crippen LogP contribution >= 0.6 is 0 Å². The van der Waals surface area contributed by atoms with Crippen molar-refractivity contribution in [2.45, 2.75) is 56.4 Å². The van der Waals surface area contributed by atoms with Crippen molar-refractivity contribution in [3.05, 3.63) is 29.8 Å². The van der Waals surface area contributed by atoms with Crippen LogP contribution < -0.4 is 4.72 Å². The molecule has 1 unspecified atom stereocenters. The zero-order valence-corrected chi connectivity index (χ0v) is 13.4. The van der Waals surface area contributed by atoms with Crippen molar-refractivity contribution in [1.82, 2.24) is 4.72 Å². The number of nitrogens with zero attached hydrogens (tertiary/aromatic N) is 1. The molecule has 1 aromatic rings. The van der Waals surface area contributed by atoms with Crippen LogP contribution in [-0.4, -0.2) is 14.0 Å². The highest BCUT2D eigenvalue weighted by atomic mass is 32.2. The summed E-state index contributed by atoms with van der Waals surface area (Å²) in [6.45, 7) is 3.61. The van der Waals surface area contributed by atoms with Crippen molar-refractivity contribution >= 4 is 10.0 Å². The summed E-state index contributed by atoms with van der Waals surface area (Å²) in [5.41, 5.74) is -0.0336. The highest BCUT2D eigenvalue weighted by molar-refractivity contribution is 7.89. The van der Waals surface area contributed by atoms with Gasteiger partial charge in [-0.15, -0.1) is 0 Å². The van der Waals surface area contributed by atoms with E-state index in [4.69, 9.17) is 0 Å². The number of nitriles is 1. The molecule has 0 aliphatic heterocycles. The first-order valence-electron chi connectivity index (χ1n) is 7.39. The quantitative estimate of drug-likeness (QED) is 0.929. The lowest BCUT2D eigenvalue weighted by Crippen LogP contribution is -2.50. The van der Waals surface area contributed by atoms with Crippen LogP contribution in [0, 0.1) is 24.2 Å². The summed E-state index contributed by atoms with van der Waals surface area (Å²) in [6.07, 6.45) is 5.10. The third-order valence-electron chi connectivity index (χ3n) is 4.33. The minimum atomic E-state index is -3.67. The Labute approximate surface area is 127 Å². The lowest BCUT2D eigenvalue weighted by Gasteiger charge is -2.34. The van der Waals surface area contributed by atoms with E-state index in [1.54, 1.807) is 31.2 Å². The molecule has 5 heteroatoms. The molecular formula is C16H22N2O2S. The van der Waals surface area contributed by atoms with Crippen molar-refractivity contribution in [2.75, 3.05) is 0 Å². The molecule has 1 aliphatic rings. The Hall–Kier alpha value is -1.38. The van der Waals surface area contributed by atoms with Gasteiger partial charge in [0.2, 0.25) is 10.0 Å². The van der Waals surface area contributed by atoms with E-state index in [2.05, 4.69) is 10.8 Å². The van der Waals surface area contributed by atoms with Gasteiger partial charge < -0.3 is 0 Å². The van der Waals surface area contributed by atoms with E-state index < -0.39 is 15.6 Å². The molecule has 2 rings (SSSR count). The standard InChI is InChI=1S/C16H22N2O2S/c1-13-8-10-15(11-9-13)21(19,20)18-16(2,12-17)14-6-4-3-5-7-14/h8-11,14,18H,3-7H2,1-2H3. The fourth-order valence-corrected chi connectivity index (χ4v) is 4.32. The van der Waals surface area contributed by atoms with Gasteiger partial charge in [-0.3, -0.25) is 0 Å². The van der Waals surface area contributed by atoms with Crippen molar-refractivity contribution in [1.29, 1.82) is 5.26 Å². The Balaban J connectivity index is 2.24. The molecule has 0 bridgehead atoms. The van der Waals surface area contributed by atoms with Gasteiger partial charge in [-0.05, 0) is 44.7 Å². The minimum Gasteiger partial charge on any atom is -0.207 e. The van der Waals surface area contributed by atoms with E-state index in [-0.39, 0.29) is 10.8 Å². The van der Waals surface area contributed by atoms with E-state index in [0.717, 1.165) is 31.2 Å². The topological polar surface area (TPSA) is 70.0 Å². The van der Waals surface area contributed by atoms with Gasteiger partial charge >= 0.3 is 0 Å². The molecule has 0 spiro atoms. The Morgan fingerprint density at radius 1 is 1.19 bits per heavy atom. The second-order valence-corrected chi connectivity index (χ2v) is 7.75. The van der Waals surface area contributed by atoms with Crippen LogP contribution in [-0.2, 0) is 10.0 Å². The number of rotatable bonds is 4. The van der Waals surface area contributed by atoms with Gasteiger partial charge in [-0.25, -0.2) is 8.42 Å². The third-order valence-corrected chi connectivity index (χ3v) is 5.92. The van der Waals surface area contributed by atoms with Crippen molar-refractivity contribution < 1.29 is 8.42 Å². The van der Waals surface area contributed by atoms with Crippen LogP contribution in [0.5, 0.6) is 0 Å². The van der Waals surface area contributed by atoms with Crippen LogP contribution in [0.4, 0.5) is 0 Å². The second-order valence-electron chi connectivity index (χ2n) is 6.07. The molecule has 0 aromatic heterocycles. The Kier molecular flexibility index (Phi) is 4.70. The van der Waals surface area contributed by atoms with Crippen LogP contribution in [0.3, 0.4) is 0 Å². The van der Waals surface area contributed by atoms with E-state index >= 15 is 0 Å². The number of sulfonamides is 1. The molecule has 0 heterocycles. The molecule has 21 heavy (non-hydrogen) atoms. The lowest BCUT2D eigenvalue weighted by atomic mass is 9.77. The van der Waals surface area contributed by atoms with E-state index in [0.29, 0.717) is 0 Å². The van der Waals surface area contributed by atoms with Gasteiger partial charge in [-0.2, -0.15) is 9.98 Å². The minimum absolute atomic E-state index is 0.0801.